The fourth-order valence-corrected chi connectivity index (χ4v) is 4.12. The molecule has 0 aromatic heterocycles. The summed E-state index contributed by atoms with van der Waals surface area (Å²) in [5.74, 6) is 0.687. The van der Waals surface area contributed by atoms with Crippen molar-refractivity contribution in [2.24, 2.45) is 0 Å². The summed E-state index contributed by atoms with van der Waals surface area (Å²) in [6.45, 7) is 0.546. The average Bonchev–Trinajstić information content (AvgIpc) is 2.91. The van der Waals surface area contributed by atoms with E-state index >= 15 is 0 Å². The van der Waals surface area contributed by atoms with Gasteiger partial charge >= 0.3 is 16.4 Å². The molecule has 0 aliphatic carbocycles. The lowest BCUT2D eigenvalue weighted by molar-refractivity contribution is 0.213. The van der Waals surface area contributed by atoms with Gasteiger partial charge in [0.2, 0.25) is 0 Å². The molecule has 1 aromatic rings. The summed E-state index contributed by atoms with van der Waals surface area (Å²) in [5, 5.41) is 2.30. The van der Waals surface area contributed by atoms with Crippen LogP contribution in [0.1, 0.15) is 6.42 Å². The van der Waals surface area contributed by atoms with Gasteiger partial charge in [0.15, 0.2) is 0 Å². The van der Waals surface area contributed by atoms with Crippen molar-refractivity contribution < 1.29 is 21.8 Å². The van der Waals surface area contributed by atoms with Gasteiger partial charge in [0.25, 0.3) is 0 Å². The first-order valence-corrected chi connectivity index (χ1v) is 9.36. The molecule has 1 radical (unpaired) electrons. The molecule has 10 heteroatoms. The van der Waals surface area contributed by atoms with E-state index in [1.807, 2.05) is 0 Å². The molecule has 0 saturated carbocycles. The van der Waals surface area contributed by atoms with Gasteiger partial charge in [-0.2, -0.15) is 8.42 Å². The van der Waals surface area contributed by atoms with Crippen molar-refractivity contribution in [3.63, 3.8) is 0 Å². The summed E-state index contributed by atoms with van der Waals surface area (Å²) in [6.07, 6.45) is -0.819. The number of hydrogen-bond donors (Lipinski definition) is 1. The molecule has 1 fully saturated rings. The number of carbonyl (C=O) groups excluding carboxylic acids is 1. The van der Waals surface area contributed by atoms with Crippen LogP contribution in [0.5, 0.6) is 0 Å². The Morgan fingerprint density at radius 1 is 1.43 bits per heavy atom. The Hall–Kier alpha value is -1.36. The van der Waals surface area contributed by atoms with Crippen molar-refractivity contribution in [1.29, 1.82) is 0 Å². The predicted molar refractivity (Wildman–Crippen MR) is 86.0 cm³/mol. The summed E-state index contributed by atoms with van der Waals surface area (Å²) in [4.78, 5) is 13.3. The molecular formula is C13H17FN3O4S2. The van der Waals surface area contributed by atoms with E-state index < -0.39 is 28.6 Å². The van der Waals surface area contributed by atoms with Gasteiger partial charge in [-0.25, -0.2) is 4.79 Å². The summed E-state index contributed by atoms with van der Waals surface area (Å²) in [7, 11) is -4.39. The van der Waals surface area contributed by atoms with E-state index in [1.165, 1.54) is 11.8 Å². The van der Waals surface area contributed by atoms with Crippen LogP contribution in [0.2, 0.25) is 0 Å². The maximum Gasteiger partial charge on any atom is 0.428 e. The fourth-order valence-electron chi connectivity index (χ4n) is 1.96. The molecule has 1 unspecified atom stereocenters. The molecule has 1 aliphatic rings. The number of nitrogens with one attached hydrogen (secondary N) is 1. The molecule has 127 valence electrons. The lowest BCUT2D eigenvalue weighted by atomic mass is 10.3. The smallest absolute Gasteiger partial charge is 0.315 e. The van der Waals surface area contributed by atoms with Crippen LogP contribution in [0.4, 0.5) is 14.9 Å². The third kappa shape index (κ3) is 5.98. The fraction of sp³-hybridized carbons (Fsp3) is 0.462. The number of benzene rings is 1. The SMILES string of the molecule is O=C(Nc1ccccc1)OS(=O)(=O)[N]C1SCCN1CCCF. The predicted octanol–water partition coefficient (Wildman–Crippen LogP) is 1.78. The lowest BCUT2D eigenvalue weighted by Crippen LogP contribution is -2.40. The van der Waals surface area contributed by atoms with Gasteiger partial charge in [-0.05, 0) is 18.6 Å². The zero-order valence-corrected chi connectivity index (χ0v) is 13.9. The van der Waals surface area contributed by atoms with Gasteiger partial charge in [0.1, 0.15) is 5.50 Å². The highest BCUT2D eigenvalue weighted by Crippen LogP contribution is 2.23. The third-order valence-corrected chi connectivity index (χ3v) is 5.03. The van der Waals surface area contributed by atoms with Gasteiger partial charge in [0, 0.05) is 24.5 Å². The number of carbonyl (C=O) groups is 1. The average molecular weight is 362 g/mol. The van der Waals surface area contributed by atoms with Crippen LogP contribution in [0.15, 0.2) is 30.3 Å². The van der Waals surface area contributed by atoms with Crippen LogP contribution in [0, 0.1) is 0 Å². The first kappa shape index (κ1) is 18.0. The molecule has 23 heavy (non-hydrogen) atoms. The lowest BCUT2D eigenvalue weighted by Gasteiger charge is -2.21. The first-order chi connectivity index (χ1) is 11.0. The van der Waals surface area contributed by atoms with Crippen molar-refractivity contribution in [3.05, 3.63) is 30.3 Å². The summed E-state index contributed by atoms with van der Waals surface area (Å²) >= 11 is 1.30. The first-order valence-electron chi connectivity index (χ1n) is 6.94. The van der Waals surface area contributed by atoms with Crippen LogP contribution in [0.25, 0.3) is 0 Å². The Labute approximate surface area is 138 Å². The molecule has 1 amide bonds. The van der Waals surface area contributed by atoms with E-state index in [9.17, 15) is 17.6 Å². The molecule has 1 saturated heterocycles. The van der Waals surface area contributed by atoms with E-state index in [0.717, 1.165) is 0 Å². The van der Waals surface area contributed by atoms with E-state index in [2.05, 4.69) is 14.2 Å². The van der Waals surface area contributed by atoms with E-state index in [4.69, 9.17) is 0 Å². The van der Waals surface area contributed by atoms with E-state index in [1.54, 1.807) is 35.2 Å². The number of anilines is 1. The summed E-state index contributed by atoms with van der Waals surface area (Å²) in [5.41, 5.74) is -0.274. The standard InChI is InChI=1S/C13H17FN3O4S2/c14-7-4-8-17-9-10-22-12(17)16-23(19,20)21-13(18)15-11-5-2-1-3-6-11/h1-3,5-6,12H,4,7-10H2,(H,15,18). The zero-order chi connectivity index (χ0) is 16.7. The van der Waals surface area contributed by atoms with Crippen LogP contribution >= 0.6 is 11.8 Å². The molecule has 7 nitrogen and oxygen atoms in total. The van der Waals surface area contributed by atoms with Gasteiger partial charge in [-0.1, -0.05) is 22.9 Å². The highest BCUT2D eigenvalue weighted by atomic mass is 32.2. The third-order valence-electron chi connectivity index (χ3n) is 2.96. The largest absolute Gasteiger partial charge is 0.428 e. The minimum absolute atomic E-state index is 0.308. The number of nitrogens with zero attached hydrogens (tertiary/aromatic N) is 2. The maximum atomic E-state index is 12.2. The number of amides is 1. The number of hydrogen-bond acceptors (Lipinski definition) is 6. The second kappa shape index (κ2) is 8.48. The van der Waals surface area contributed by atoms with Gasteiger partial charge in [-0.3, -0.25) is 14.6 Å². The molecule has 1 aromatic carbocycles. The molecular weight excluding hydrogens is 345 g/mol. The van der Waals surface area contributed by atoms with Gasteiger partial charge in [0.05, 0.1) is 6.67 Å². The molecule has 0 spiro atoms. The van der Waals surface area contributed by atoms with Crippen LogP contribution in [-0.4, -0.2) is 50.4 Å². The second-order valence-electron chi connectivity index (χ2n) is 4.67. The number of para-hydroxylation sites is 1. The van der Waals surface area contributed by atoms with E-state index in [-0.39, 0.29) is 0 Å². The Kier molecular flexibility index (Phi) is 6.63. The topological polar surface area (TPSA) is 89.8 Å². The maximum absolute atomic E-state index is 12.2. The Morgan fingerprint density at radius 2 is 2.17 bits per heavy atom. The monoisotopic (exact) mass is 362 g/mol. The minimum atomic E-state index is -4.39. The van der Waals surface area contributed by atoms with Crippen LogP contribution < -0.4 is 10.0 Å². The van der Waals surface area contributed by atoms with Gasteiger partial charge in [-0.15, -0.1) is 11.8 Å². The minimum Gasteiger partial charge on any atom is -0.315 e. The van der Waals surface area contributed by atoms with Crippen molar-refractivity contribution in [1.82, 2.24) is 9.62 Å². The number of alkyl halides is 1. The highest BCUT2D eigenvalue weighted by molar-refractivity contribution is 8.00. The Morgan fingerprint density at radius 3 is 2.87 bits per heavy atom. The molecule has 0 bridgehead atoms. The van der Waals surface area contributed by atoms with Crippen molar-refractivity contribution in [2.75, 3.05) is 30.8 Å². The number of rotatable bonds is 7. The molecule has 1 aliphatic heterocycles. The Balaban J connectivity index is 1.87. The summed E-state index contributed by atoms with van der Waals surface area (Å²) in [6, 6.07) is 8.32. The second-order valence-corrected chi connectivity index (χ2v) is 7.07. The zero-order valence-electron chi connectivity index (χ0n) is 12.2. The van der Waals surface area contributed by atoms with Crippen LogP contribution in [-0.2, 0) is 14.5 Å². The van der Waals surface area contributed by atoms with Gasteiger partial charge < -0.3 is 4.18 Å². The molecule has 1 atom stereocenters. The molecule has 1 N–H and O–H groups in total. The highest BCUT2D eigenvalue weighted by Gasteiger charge is 2.32. The Bertz CT molecular complexity index is 615. The molecule has 2 rings (SSSR count). The van der Waals surface area contributed by atoms with Crippen molar-refractivity contribution >= 4 is 33.8 Å². The molecule has 1 heterocycles. The van der Waals surface area contributed by atoms with E-state index in [0.29, 0.717) is 31.0 Å². The van der Waals surface area contributed by atoms with Crippen LogP contribution in [0.3, 0.4) is 0 Å². The van der Waals surface area contributed by atoms with Crippen molar-refractivity contribution in [2.45, 2.75) is 11.9 Å². The number of halogens is 1. The van der Waals surface area contributed by atoms with Crippen molar-refractivity contribution in [3.8, 4) is 0 Å². The summed E-state index contributed by atoms with van der Waals surface area (Å²) < 4.78 is 43.9. The quantitative estimate of drug-likeness (QED) is 0.795. The normalized spacial score (nSPS) is 18.7. The number of thioether (sulfide) groups is 1.